The molecule has 4 rings (SSSR count). The van der Waals surface area contributed by atoms with Gasteiger partial charge in [0, 0.05) is 30.4 Å². The Balaban J connectivity index is 1.77. The number of carbonyl (C=O) groups excluding carboxylic acids is 1. The number of hydrogen-bond donors (Lipinski definition) is 1. The second kappa shape index (κ2) is 8.94. The molecule has 2 aromatic carbocycles. The number of nitrogens with zero attached hydrogens (tertiary/aromatic N) is 4. The lowest BCUT2D eigenvalue weighted by atomic mass is 10.1. The lowest BCUT2D eigenvalue weighted by Crippen LogP contribution is -2.46. The van der Waals surface area contributed by atoms with E-state index in [1.807, 2.05) is 66.3 Å². The van der Waals surface area contributed by atoms with E-state index in [-0.39, 0.29) is 6.03 Å². The average molecular weight is 466 g/mol. The number of benzene rings is 2. The number of hydrogen-bond acceptors (Lipinski definition) is 4. The number of para-hydroxylation sites is 1. The van der Waals surface area contributed by atoms with Crippen LogP contribution in [0.2, 0.25) is 0 Å². The van der Waals surface area contributed by atoms with Crippen molar-refractivity contribution in [1.29, 1.82) is 0 Å². The standard InChI is InChI=1S/C25H31N5O2S/c1-18(2)15-29-24-22(17-28(3)25(29)31)23(26-20-9-7-6-8-10-20)30(27-24)16-19-11-13-21(14-12-19)33(4,5)32/h6-14,18,26H,4,15-17H2,1-3,5H3. The molecule has 33 heavy (non-hydrogen) atoms. The van der Waals surface area contributed by atoms with E-state index >= 15 is 0 Å². The number of fused-ring (bicyclic) bond motifs is 1. The molecular weight excluding hydrogens is 434 g/mol. The molecule has 0 spiro atoms. The van der Waals surface area contributed by atoms with E-state index in [1.165, 1.54) is 0 Å². The molecular formula is C25H31N5O2S. The molecule has 0 fully saturated rings. The molecule has 0 radical (unpaired) electrons. The first-order valence-corrected chi connectivity index (χ1v) is 13.1. The highest BCUT2D eigenvalue weighted by atomic mass is 32.2. The molecule has 1 N–H and O–H groups in total. The maximum atomic E-state index is 12.9. The van der Waals surface area contributed by atoms with Crippen LogP contribution in [0.25, 0.3) is 0 Å². The minimum atomic E-state index is -2.26. The highest BCUT2D eigenvalue weighted by molar-refractivity contribution is 7.99. The van der Waals surface area contributed by atoms with Crippen LogP contribution in [-0.4, -0.2) is 50.6 Å². The Labute approximate surface area is 196 Å². The molecule has 1 aliphatic heterocycles. The summed E-state index contributed by atoms with van der Waals surface area (Å²) < 4.78 is 14.2. The zero-order valence-electron chi connectivity index (χ0n) is 19.6. The van der Waals surface area contributed by atoms with Crippen molar-refractivity contribution in [3.63, 3.8) is 0 Å². The number of amides is 2. The molecule has 1 unspecified atom stereocenters. The number of rotatable bonds is 7. The van der Waals surface area contributed by atoms with E-state index in [1.54, 1.807) is 16.1 Å². The third-order valence-corrected chi connectivity index (χ3v) is 6.85. The molecule has 1 aromatic heterocycles. The van der Waals surface area contributed by atoms with Crippen molar-refractivity contribution in [3.8, 4) is 0 Å². The highest BCUT2D eigenvalue weighted by Gasteiger charge is 2.34. The molecule has 3 aromatic rings. The van der Waals surface area contributed by atoms with Crippen LogP contribution in [0, 0.1) is 5.92 Å². The molecule has 1 atom stereocenters. The lowest BCUT2D eigenvalue weighted by molar-refractivity contribution is 0.209. The zero-order chi connectivity index (χ0) is 23.8. The fraction of sp³-hybridized carbons (Fsp3) is 0.320. The van der Waals surface area contributed by atoms with Crippen LogP contribution < -0.4 is 10.2 Å². The van der Waals surface area contributed by atoms with Gasteiger partial charge in [0.15, 0.2) is 5.82 Å². The van der Waals surface area contributed by atoms with Crippen molar-refractivity contribution >= 4 is 38.7 Å². The first-order chi connectivity index (χ1) is 15.6. The quantitative estimate of drug-likeness (QED) is 0.525. The Hall–Kier alpha value is -3.26. The second-order valence-electron chi connectivity index (χ2n) is 9.09. The molecule has 0 saturated heterocycles. The number of carbonyl (C=O) groups is 1. The van der Waals surface area contributed by atoms with Gasteiger partial charge in [-0.1, -0.05) is 44.2 Å². The van der Waals surface area contributed by atoms with Crippen LogP contribution >= 0.6 is 0 Å². The zero-order valence-corrected chi connectivity index (χ0v) is 20.4. The van der Waals surface area contributed by atoms with Crippen LogP contribution in [-0.2, 0) is 22.6 Å². The van der Waals surface area contributed by atoms with Gasteiger partial charge in [-0.05, 0) is 51.1 Å². The summed E-state index contributed by atoms with van der Waals surface area (Å²) >= 11 is 0. The fourth-order valence-corrected chi connectivity index (χ4v) is 4.66. The van der Waals surface area contributed by atoms with Crippen molar-refractivity contribution < 1.29 is 9.00 Å². The van der Waals surface area contributed by atoms with Gasteiger partial charge in [-0.15, -0.1) is 0 Å². The Kier molecular flexibility index (Phi) is 6.21. The van der Waals surface area contributed by atoms with Gasteiger partial charge in [-0.3, -0.25) is 9.11 Å². The van der Waals surface area contributed by atoms with E-state index in [0.29, 0.717) is 31.4 Å². The maximum absolute atomic E-state index is 12.9. The first-order valence-electron chi connectivity index (χ1n) is 11.0. The van der Waals surface area contributed by atoms with Crippen LogP contribution in [0.15, 0.2) is 59.5 Å². The average Bonchev–Trinajstić information content (AvgIpc) is 3.08. The van der Waals surface area contributed by atoms with E-state index in [9.17, 15) is 9.00 Å². The molecule has 0 saturated carbocycles. The van der Waals surface area contributed by atoms with E-state index in [4.69, 9.17) is 5.10 Å². The number of nitrogens with one attached hydrogen (secondary N) is 1. The predicted molar refractivity (Wildman–Crippen MR) is 136 cm³/mol. The molecule has 2 amide bonds. The van der Waals surface area contributed by atoms with Crippen molar-refractivity contribution in [3.05, 3.63) is 65.7 Å². The summed E-state index contributed by atoms with van der Waals surface area (Å²) in [5.74, 6) is 5.64. The smallest absolute Gasteiger partial charge is 0.325 e. The van der Waals surface area contributed by atoms with E-state index in [2.05, 4.69) is 25.0 Å². The molecule has 0 aliphatic carbocycles. The molecule has 2 heterocycles. The number of anilines is 3. The highest BCUT2D eigenvalue weighted by Crippen LogP contribution is 2.35. The Morgan fingerprint density at radius 3 is 2.39 bits per heavy atom. The fourth-order valence-electron chi connectivity index (χ4n) is 3.95. The topological polar surface area (TPSA) is 70.5 Å². The van der Waals surface area contributed by atoms with Crippen molar-refractivity contribution in [1.82, 2.24) is 14.7 Å². The van der Waals surface area contributed by atoms with Crippen LogP contribution in [0.1, 0.15) is 25.0 Å². The molecule has 0 bridgehead atoms. The normalized spacial score (nSPS) is 15.5. The van der Waals surface area contributed by atoms with Gasteiger partial charge >= 0.3 is 6.03 Å². The van der Waals surface area contributed by atoms with Gasteiger partial charge in [0.1, 0.15) is 5.82 Å². The summed E-state index contributed by atoms with van der Waals surface area (Å²) in [6.45, 7) is 5.78. The Bertz CT molecular complexity index is 1250. The number of aromatic nitrogens is 2. The molecule has 1 aliphatic rings. The summed E-state index contributed by atoms with van der Waals surface area (Å²) in [7, 11) is -0.438. The second-order valence-corrected chi connectivity index (χ2v) is 11.6. The van der Waals surface area contributed by atoms with Crippen molar-refractivity contribution in [2.24, 2.45) is 5.92 Å². The third kappa shape index (κ3) is 4.90. The maximum Gasteiger partial charge on any atom is 0.325 e. The summed E-state index contributed by atoms with van der Waals surface area (Å²) in [5, 5.41) is 8.42. The Morgan fingerprint density at radius 1 is 1.12 bits per heavy atom. The summed E-state index contributed by atoms with van der Waals surface area (Å²) in [6, 6.07) is 17.6. The van der Waals surface area contributed by atoms with Crippen LogP contribution in [0.4, 0.5) is 22.1 Å². The van der Waals surface area contributed by atoms with Crippen molar-refractivity contribution in [2.45, 2.75) is 31.8 Å². The van der Waals surface area contributed by atoms with Gasteiger partial charge < -0.3 is 10.2 Å². The third-order valence-electron chi connectivity index (χ3n) is 5.58. The minimum absolute atomic E-state index is 0.0374. The lowest BCUT2D eigenvalue weighted by Gasteiger charge is -2.33. The SMILES string of the molecule is C=S(C)(=O)c1ccc(Cn2nc3c(c2Nc2ccccc2)CN(C)C(=O)N3CC(C)C)cc1. The largest absolute Gasteiger partial charge is 0.340 e. The van der Waals surface area contributed by atoms with Gasteiger partial charge in [0.25, 0.3) is 0 Å². The number of urea groups is 1. The molecule has 7 nitrogen and oxygen atoms in total. The van der Waals surface area contributed by atoms with E-state index in [0.717, 1.165) is 27.5 Å². The molecule has 8 heteroatoms. The van der Waals surface area contributed by atoms with E-state index < -0.39 is 9.52 Å². The predicted octanol–water partition coefficient (Wildman–Crippen LogP) is 4.41. The summed E-state index contributed by atoms with van der Waals surface area (Å²) in [5.41, 5.74) is 2.97. The summed E-state index contributed by atoms with van der Waals surface area (Å²) in [6.07, 6.45) is 1.64. The van der Waals surface area contributed by atoms with Crippen molar-refractivity contribution in [2.75, 3.05) is 30.1 Å². The van der Waals surface area contributed by atoms with Crippen LogP contribution in [0.5, 0.6) is 0 Å². The minimum Gasteiger partial charge on any atom is -0.340 e. The van der Waals surface area contributed by atoms with Gasteiger partial charge in [-0.25, -0.2) is 9.48 Å². The van der Waals surface area contributed by atoms with Gasteiger partial charge in [0.05, 0.1) is 18.7 Å². The summed E-state index contributed by atoms with van der Waals surface area (Å²) in [4.78, 5) is 17.2. The van der Waals surface area contributed by atoms with Gasteiger partial charge in [0.2, 0.25) is 0 Å². The van der Waals surface area contributed by atoms with Crippen LogP contribution in [0.3, 0.4) is 0 Å². The Morgan fingerprint density at radius 2 is 1.79 bits per heavy atom. The van der Waals surface area contributed by atoms with Gasteiger partial charge in [-0.2, -0.15) is 5.10 Å². The monoisotopic (exact) mass is 465 g/mol. The first kappa shape index (κ1) is 22.9. The molecule has 174 valence electrons.